The van der Waals surface area contributed by atoms with Gasteiger partial charge < -0.3 is 9.84 Å². The minimum atomic E-state index is -0.766. The fourth-order valence-electron chi connectivity index (χ4n) is 2.38. The Labute approximate surface area is 87.7 Å². The van der Waals surface area contributed by atoms with Gasteiger partial charge in [0.1, 0.15) is 16.4 Å². The van der Waals surface area contributed by atoms with Gasteiger partial charge >= 0.3 is 0 Å². The molecule has 1 N–H and O–H groups in total. The second-order valence-corrected chi connectivity index (χ2v) is 4.38. The number of aliphatic hydroxyl groups is 1. The number of allylic oxidation sites excluding steroid dienone is 1. The van der Waals surface area contributed by atoms with Gasteiger partial charge in [-0.2, -0.15) is 0 Å². The summed E-state index contributed by atoms with van der Waals surface area (Å²) in [6, 6.07) is 0. The van der Waals surface area contributed by atoms with Gasteiger partial charge in [0.15, 0.2) is 0 Å². The van der Waals surface area contributed by atoms with Crippen LogP contribution in [-0.4, -0.2) is 23.6 Å². The monoisotopic (exact) mass is 216 g/mol. The van der Waals surface area contributed by atoms with Gasteiger partial charge in [-0.15, -0.1) is 0 Å². The molecule has 1 fully saturated rings. The number of halogens is 1. The number of carbonyl (C=O) groups excluding carboxylic acids is 1. The molecule has 4 heteroatoms. The second kappa shape index (κ2) is 3.24. The summed E-state index contributed by atoms with van der Waals surface area (Å²) in [5.74, 6) is -0.135. The SMILES string of the molecule is CO[C@]12CC[C@H](CC1)C(O)=C(Cl)C2=O. The summed E-state index contributed by atoms with van der Waals surface area (Å²) in [6.07, 6.45) is 2.88. The third-order valence-electron chi connectivity index (χ3n) is 3.41. The molecule has 0 unspecified atom stereocenters. The van der Waals surface area contributed by atoms with Crippen molar-refractivity contribution in [2.75, 3.05) is 7.11 Å². The Morgan fingerprint density at radius 1 is 1.50 bits per heavy atom. The zero-order valence-corrected chi connectivity index (χ0v) is 8.80. The smallest absolute Gasteiger partial charge is 0.209 e. The first kappa shape index (κ1) is 9.99. The molecule has 0 spiro atoms. The van der Waals surface area contributed by atoms with Crippen molar-refractivity contribution in [3.8, 4) is 0 Å². The lowest BCUT2D eigenvalue weighted by Gasteiger charge is -2.33. The Bertz CT molecular complexity index is 300. The highest BCUT2D eigenvalue weighted by Crippen LogP contribution is 2.44. The predicted molar refractivity (Wildman–Crippen MR) is 52.2 cm³/mol. The van der Waals surface area contributed by atoms with Gasteiger partial charge in [0.05, 0.1) is 0 Å². The summed E-state index contributed by atoms with van der Waals surface area (Å²) in [4.78, 5) is 11.9. The van der Waals surface area contributed by atoms with Gasteiger partial charge in [0, 0.05) is 13.0 Å². The number of ketones is 1. The zero-order valence-electron chi connectivity index (χ0n) is 8.05. The number of ether oxygens (including phenoxy) is 1. The minimum absolute atomic E-state index is 0.0214. The van der Waals surface area contributed by atoms with Crippen molar-refractivity contribution in [1.82, 2.24) is 0 Å². The van der Waals surface area contributed by atoms with Crippen LogP contribution >= 0.6 is 11.6 Å². The van der Waals surface area contributed by atoms with Crippen LogP contribution in [0.5, 0.6) is 0 Å². The molecule has 0 aliphatic heterocycles. The Balaban J connectivity index is 2.46. The first-order valence-corrected chi connectivity index (χ1v) is 5.17. The van der Waals surface area contributed by atoms with Crippen molar-refractivity contribution in [3.05, 3.63) is 10.8 Å². The van der Waals surface area contributed by atoms with E-state index in [-0.39, 0.29) is 22.5 Å². The largest absolute Gasteiger partial charge is 0.510 e. The van der Waals surface area contributed by atoms with Gasteiger partial charge in [0.2, 0.25) is 5.78 Å². The molecule has 3 aliphatic carbocycles. The zero-order chi connectivity index (χ0) is 10.3. The Morgan fingerprint density at radius 3 is 2.57 bits per heavy atom. The number of fused-ring (bicyclic) bond motifs is 3. The van der Waals surface area contributed by atoms with Crippen LogP contribution in [0.3, 0.4) is 0 Å². The lowest BCUT2D eigenvalue weighted by Crippen LogP contribution is -2.42. The summed E-state index contributed by atoms with van der Waals surface area (Å²) >= 11 is 5.82. The molecule has 78 valence electrons. The van der Waals surface area contributed by atoms with E-state index in [9.17, 15) is 9.90 Å². The van der Waals surface area contributed by atoms with E-state index in [4.69, 9.17) is 16.3 Å². The van der Waals surface area contributed by atoms with E-state index in [1.54, 1.807) is 0 Å². The van der Waals surface area contributed by atoms with Gasteiger partial charge in [-0.1, -0.05) is 11.6 Å². The summed E-state index contributed by atoms with van der Waals surface area (Å²) in [6.45, 7) is 0. The minimum Gasteiger partial charge on any atom is -0.510 e. The van der Waals surface area contributed by atoms with E-state index in [2.05, 4.69) is 0 Å². The van der Waals surface area contributed by atoms with Gasteiger partial charge in [-0.25, -0.2) is 0 Å². The second-order valence-electron chi connectivity index (χ2n) is 4.00. The maximum absolute atomic E-state index is 11.9. The fraction of sp³-hybridized carbons (Fsp3) is 0.700. The number of methoxy groups -OCH3 is 1. The van der Waals surface area contributed by atoms with E-state index < -0.39 is 5.60 Å². The van der Waals surface area contributed by atoms with Gasteiger partial charge in [-0.05, 0) is 25.7 Å². The molecule has 0 radical (unpaired) electrons. The molecule has 0 heterocycles. The average Bonchev–Trinajstić information content (AvgIpc) is 2.38. The number of hydrogen-bond donors (Lipinski definition) is 1. The van der Waals surface area contributed by atoms with Crippen molar-refractivity contribution in [2.45, 2.75) is 31.3 Å². The highest BCUT2D eigenvalue weighted by atomic mass is 35.5. The molecular weight excluding hydrogens is 204 g/mol. The molecule has 0 aromatic heterocycles. The molecule has 0 saturated heterocycles. The van der Waals surface area contributed by atoms with Gasteiger partial charge in [0.25, 0.3) is 0 Å². The number of rotatable bonds is 1. The normalized spacial score (nSPS) is 37.6. The molecule has 14 heavy (non-hydrogen) atoms. The van der Waals surface area contributed by atoms with Gasteiger partial charge in [-0.3, -0.25) is 4.79 Å². The first-order valence-electron chi connectivity index (χ1n) is 4.79. The lowest BCUT2D eigenvalue weighted by molar-refractivity contribution is -0.139. The molecule has 3 nitrogen and oxygen atoms in total. The predicted octanol–water partition coefficient (Wildman–Crippen LogP) is 2.15. The number of carbonyl (C=O) groups is 1. The molecule has 0 atom stereocenters. The third kappa shape index (κ3) is 1.19. The Hall–Kier alpha value is -0.540. The quantitative estimate of drug-likeness (QED) is 0.731. The first-order chi connectivity index (χ1) is 6.60. The Kier molecular flexibility index (Phi) is 2.32. The number of aliphatic hydroxyl groups excluding tert-OH is 1. The van der Waals surface area contributed by atoms with Crippen molar-refractivity contribution in [2.24, 2.45) is 5.92 Å². The molecule has 1 saturated carbocycles. The molecule has 0 aromatic rings. The summed E-state index contributed by atoms with van der Waals surface area (Å²) in [7, 11) is 1.53. The summed E-state index contributed by atoms with van der Waals surface area (Å²) in [5.41, 5.74) is -0.766. The summed E-state index contributed by atoms with van der Waals surface area (Å²) < 4.78 is 5.30. The van der Waals surface area contributed by atoms with Crippen LogP contribution in [0.25, 0.3) is 0 Å². The number of hydrogen-bond acceptors (Lipinski definition) is 3. The Morgan fingerprint density at radius 2 is 2.07 bits per heavy atom. The van der Waals surface area contributed by atoms with Crippen LogP contribution in [-0.2, 0) is 9.53 Å². The van der Waals surface area contributed by atoms with Crippen LogP contribution in [0, 0.1) is 5.92 Å². The highest BCUT2D eigenvalue weighted by Gasteiger charge is 2.48. The molecular formula is C10H13ClO3. The maximum atomic E-state index is 11.9. The van der Waals surface area contributed by atoms with E-state index in [1.807, 2.05) is 0 Å². The standard InChI is InChI=1S/C10H13ClO3/c1-14-10-4-2-6(3-5-10)8(12)7(11)9(10)13/h6,12H,2-5H2,1H3/t6-,10-. The van der Waals surface area contributed by atoms with Crippen molar-refractivity contribution in [1.29, 1.82) is 0 Å². The van der Waals surface area contributed by atoms with E-state index in [1.165, 1.54) is 7.11 Å². The molecule has 0 amide bonds. The molecule has 3 aliphatic rings. The van der Waals surface area contributed by atoms with E-state index >= 15 is 0 Å². The number of Topliss-reactive ketones (excluding diaryl/α,β-unsaturated/α-hetero) is 1. The van der Waals surface area contributed by atoms with Crippen LogP contribution < -0.4 is 0 Å². The van der Waals surface area contributed by atoms with Crippen molar-refractivity contribution in [3.63, 3.8) is 0 Å². The summed E-state index contributed by atoms with van der Waals surface area (Å²) in [5, 5.41) is 9.67. The highest BCUT2D eigenvalue weighted by molar-refractivity contribution is 6.44. The molecule has 0 aromatic carbocycles. The third-order valence-corrected chi connectivity index (χ3v) is 3.77. The van der Waals surface area contributed by atoms with Crippen LogP contribution in [0.4, 0.5) is 0 Å². The lowest BCUT2D eigenvalue weighted by atomic mass is 9.79. The average molecular weight is 217 g/mol. The fourth-order valence-corrected chi connectivity index (χ4v) is 2.70. The van der Waals surface area contributed by atoms with Crippen LogP contribution in [0.15, 0.2) is 10.8 Å². The topological polar surface area (TPSA) is 46.5 Å². The van der Waals surface area contributed by atoms with Crippen LogP contribution in [0.1, 0.15) is 25.7 Å². The van der Waals surface area contributed by atoms with Crippen molar-refractivity contribution < 1.29 is 14.6 Å². The molecule has 2 bridgehead atoms. The van der Waals surface area contributed by atoms with Crippen LogP contribution in [0.2, 0.25) is 0 Å². The van der Waals surface area contributed by atoms with Crippen molar-refractivity contribution >= 4 is 17.4 Å². The van der Waals surface area contributed by atoms with E-state index in [0.717, 1.165) is 12.8 Å². The maximum Gasteiger partial charge on any atom is 0.209 e. The molecule has 3 rings (SSSR count). The van der Waals surface area contributed by atoms with E-state index in [0.29, 0.717) is 12.8 Å².